The van der Waals surface area contributed by atoms with E-state index in [0.29, 0.717) is 0 Å². The van der Waals surface area contributed by atoms with E-state index in [9.17, 15) is 31.1 Å². The van der Waals surface area contributed by atoms with Crippen LogP contribution in [0.25, 0.3) is 0 Å². The number of carbonyl (C=O) groups excluding carboxylic acids is 1. The van der Waals surface area contributed by atoms with Gasteiger partial charge in [-0.2, -0.15) is 26.3 Å². The fourth-order valence-electron chi connectivity index (χ4n) is 2.09. The average molecular weight is 377 g/mol. The van der Waals surface area contributed by atoms with E-state index in [4.69, 9.17) is 0 Å². The molecule has 0 fully saturated rings. The molecule has 26 heavy (non-hydrogen) atoms. The van der Waals surface area contributed by atoms with Crippen molar-refractivity contribution in [1.29, 1.82) is 0 Å². The van der Waals surface area contributed by atoms with Crippen LogP contribution in [0.4, 0.5) is 26.3 Å². The van der Waals surface area contributed by atoms with Crippen molar-refractivity contribution in [3.8, 4) is 0 Å². The summed E-state index contributed by atoms with van der Waals surface area (Å²) in [6.45, 7) is -1.01. The van der Waals surface area contributed by atoms with Crippen LogP contribution in [0.3, 0.4) is 0 Å². The summed E-state index contributed by atoms with van der Waals surface area (Å²) >= 11 is 0. The number of nitrogens with one attached hydrogen (secondary N) is 1. The van der Waals surface area contributed by atoms with Gasteiger partial charge in [0.1, 0.15) is 0 Å². The van der Waals surface area contributed by atoms with Crippen LogP contribution in [0.1, 0.15) is 15.9 Å². The summed E-state index contributed by atoms with van der Waals surface area (Å²) in [7, 11) is 0. The van der Waals surface area contributed by atoms with Crippen LogP contribution in [-0.2, 0) is 11.3 Å². The van der Waals surface area contributed by atoms with Gasteiger partial charge in [-0.15, -0.1) is 0 Å². The zero-order valence-electron chi connectivity index (χ0n) is 13.1. The summed E-state index contributed by atoms with van der Waals surface area (Å²) in [5.41, 5.74) is -5.13. The Bertz CT molecular complexity index is 714. The smallest absolute Gasteiger partial charge is 0.336 e. The minimum absolute atomic E-state index is 0.0827. The second-order valence-electron chi connectivity index (χ2n) is 5.27. The van der Waals surface area contributed by atoms with Gasteiger partial charge in [0.2, 0.25) is 0 Å². The van der Waals surface area contributed by atoms with Crippen LogP contribution >= 0.6 is 0 Å². The largest absolute Gasteiger partial charge is 0.446 e. The molecule has 0 heterocycles. The fourth-order valence-corrected chi connectivity index (χ4v) is 2.09. The lowest BCUT2D eigenvalue weighted by Crippen LogP contribution is -2.69. The van der Waals surface area contributed by atoms with Gasteiger partial charge in [0.15, 0.2) is 0 Å². The second kappa shape index (κ2) is 7.36. The van der Waals surface area contributed by atoms with Crippen molar-refractivity contribution in [3.05, 3.63) is 71.8 Å². The van der Waals surface area contributed by atoms with E-state index in [0.717, 1.165) is 17.4 Å². The highest BCUT2D eigenvalue weighted by Gasteiger charge is 2.74. The monoisotopic (exact) mass is 377 g/mol. The fraction of sp³-hybridized carbons (Fsp3) is 0.235. The minimum atomic E-state index is -5.94. The van der Waals surface area contributed by atoms with Gasteiger partial charge in [-0.25, -0.2) is 0 Å². The maximum absolute atomic E-state index is 13.4. The zero-order chi connectivity index (χ0) is 19.4. The molecule has 2 aromatic rings. The van der Waals surface area contributed by atoms with Crippen molar-refractivity contribution in [2.75, 3.05) is 0 Å². The topological polar surface area (TPSA) is 38.3 Å². The third-order valence-electron chi connectivity index (χ3n) is 3.42. The van der Waals surface area contributed by atoms with E-state index < -0.39 is 30.6 Å². The number of halogens is 6. The molecule has 1 N–H and O–H groups in total. The van der Waals surface area contributed by atoms with Crippen LogP contribution in [-0.4, -0.2) is 24.0 Å². The molecule has 0 saturated heterocycles. The molecular weight excluding hydrogens is 364 g/mol. The molecule has 3 nitrogen and oxygen atoms in total. The number of hydrogen-bond acceptors (Lipinski definition) is 2. The van der Waals surface area contributed by atoms with E-state index in [-0.39, 0.29) is 11.1 Å². The van der Waals surface area contributed by atoms with Gasteiger partial charge < -0.3 is 10.1 Å². The highest BCUT2D eigenvalue weighted by Crippen LogP contribution is 2.44. The number of benzene rings is 2. The van der Waals surface area contributed by atoms with Crippen LogP contribution in [0.2, 0.25) is 0 Å². The van der Waals surface area contributed by atoms with E-state index in [1.807, 2.05) is 0 Å². The van der Waals surface area contributed by atoms with Crippen molar-refractivity contribution in [3.63, 3.8) is 0 Å². The Balaban J connectivity index is 2.38. The standard InChI is InChI=1S/C17H13F6NO2/c18-16(19,20)15(17(21,22)23,26-11-12-7-3-1-4-8-12)24-14(25)13-9-5-2-6-10-13/h1-10H,11H2,(H,24,25). The van der Waals surface area contributed by atoms with Crippen molar-refractivity contribution in [1.82, 2.24) is 5.32 Å². The SMILES string of the molecule is O=C(NC(OCc1ccccc1)(C(F)(F)F)C(F)(F)F)c1ccccc1. The van der Waals surface area contributed by atoms with Gasteiger partial charge in [-0.05, 0) is 17.7 Å². The lowest BCUT2D eigenvalue weighted by atomic mass is 10.1. The number of ether oxygens (including phenoxy) is 1. The summed E-state index contributed by atoms with van der Waals surface area (Å²) in [6, 6.07) is 13.3. The zero-order valence-corrected chi connectivity index (χ0v) is 13.1. The molecule has 140 valence electrons. The van der Waals surface area contributed by atoms with Crippen LogP contribution in [0.5, 0.6) is 0 Å². The summed E-state index contributed by atoms with van der Waals surface area (Å²) in [4.78, 5) is 12.0. The van der Waals surface area contributed by atoms with Gasteiger partial charge in [0.25, 0.3) is 5.91 Å². The Morgan fingerprint density at radius 1 is 0.808 bits per heavy atom. The van der Waals surface area contributed by atoms with Crippen LogP contribution in [0, 0.1) is 0 Å². The number of rotatable bonds is 5. The molecule has 0 unspecified atom stereocenters. The maximum atomic E-state index is 13.4. The highest BCUT2D eigenvalue weighted by molar-refractivity contribution is 5.94. The Morgan fingerprint density at radius 3 is 1.73 bits per heavy atom. The normalized spacial score (nSPS) is 12.7. The molecule has 0 bridgehead atoms. The summed E-state index contributed by atoms with van der Waals surface area (Å²) in [6.07, 6.45) is -11.9. The molecule has 1 amide bonds. The molecule has 0 aliphatic rings. The third kappa shape index (κ3) is 4.16. The van der Waals surface area contributed by atoms with Crippen molar-refractivity contribution >= 4 is 5.91 Å². The molecule has 0 radical (unpaired) electrons. The Morgan fingerprint density at radius 2 is 1.27 bits per heavy atom. The van der Waals surface area contributed by atoms with Crippen molar-refractivity contribution < 1.29 is 35.9 Å². The molecule has 0 aliphatic heterocycles. The number of carbonyl (C=O) groups is 1. The quantitative estimate of drug-likeness (QED) is 0.618. The molecule has 0 aromatic heterocycles. The number of amides is 1. The summed E-state index contributed by atoms with van der Waals surface area (Å²) in [5, 5.41) is 0.986. The molecule has 0 spiro atoms. The number of alkyl halides is 6. The van der Waals surface area contributed by atoms with Crippen molar-refractivity contribution in [2.24, 2.45) is 0 Å². The van der Waals surface area contributed by atoms with Crippen LogP contribution < -0.4 is 5.32 Å². The van der Waals surface area contributed by atoms with E-state index in [2.05, 4.69) is 4.74 Å². The molecule has 0 aliphatic carbocycles. The van der Waals surface area contributed by atoms with Gasteiger partial charge in [0.05, 0.1) is 6.61 Å². The molecule has 0 atom stereocenters. The predicted molar refractivity (Wildman–Crippen MR) is 80.0 cm³/mol. The summed E-state index contributed by atoms with van der Waals surface area (Å²) in [5.74, 6) is -1.56. The first kappa shape index (κ1) is 19.8. The maximum Gasteiger partial charge on any atom is 0.446 e. The molecule has 2 aromatic carbocycles. The van der Waals surface area contributed by atoms with Gasteiger partial charge in [0, 0.05) is 5.56 Å². The first-order chi connectivity index (χ1) is 12.1. The summed E-state index contributed by atoms with van der Waals surface area (Å²) < 4.78 is 84.6. The molecule has 0 saturated carbocycles. The first-order valence-electron chi connectivity index (χ1n) is 7.26. The van der Waals surface area contributed by atoms with Gasteiger partial charge in [-0.1, -0.05) is 48.5 Å². The Kier molecular flexibility index (Phi) is 5.60. The molecule has 9 heteroatoms. The Labute approximate surface area is 144 Å². The molecular formula is C17H13F6NO2. The van der Waals surface area contributed by atoms with Gasteiger partial charge >= 0.3 is 18.1 Å². The van der Waals surface area contributed by atoms with Crippen molar-refractivity contribution in [2.45, 2.75) is 24.7 Å². The molecule has 2 rings (SSSR count). The van der Waals surface area contributed by atoms with Crippen LogP contribution in [0.15, 0.2) is 60.7 Å². The third-order valence-corrected chi connectivity index (χ3v) is 3.42. The number of hydrogen-bond donors (Lipinski definition) is 1. The predicted octanol–water partition coefficient (Wildman–Crippen LogP) is 4.45. The van der Waals surface area contributed by atoms with E-state index >= 15 is 0 Å². The first-order valence-corrected chi connectivity index (χ1v) is 7.26. The lowest BCUT2D eigenvalue weighted by molar-refractivity contribution is -0.391. The van der Waals surface area contributed by atoms with Gasteiger partial charge in [-0.3, -0.25) is 4.79 Å². The second-order valence-corrected chi connectivity index (χ2v) is 5.27. The minimum Gasteiger partial charge on any atom is -0.336 e. The highest BCUT2D eigenvalue weighted by atomic mass is 19.4. The average Bonchev–Trinajstić information content (AvgIpc) is 2.58. The Hall–Kier alpha value is -2.55. The van der Waals surface area contributed by atoms with E-state index in [1.54, 1.807) is 6.07 Å². The van der Waals surface area contributed by atoms with E-state index in [1.165, 1.54) is 42.5 Å². The lowest BCUT2D eigenvalue weighted by Gasteiger charge is -2.37.